The molecule has 0 radical (unpaired) electrons. The largest absolute Gasteiger partial charge is 0.451 e. The lowest BCUT2D eigenvalue weighted by molar-refractivity contribution is -0.119. The first-order valence-corrected chi connectivity index (χ1v) is 12.0. The van der Waals surface area contributed by atoms with Crippen LogP contribution in [0.5, 0.6) is 0 Å². The molecule has 0 saturated heterocycles. The number of amides is 1. The number of esters is 1. The Labute approximate surface area is 188 Å². The third kappa shape index (κ3) is 3.78. The normalized spacial score (nSPS) is 14.0. The number of nitriles is 1. The minimum Gasteiger partial charge on any atom is -0.451 e. The zero-order valence-electron chi connectivity index (χ0n) is 16.8. The maximum Gasteiger partial charge on any atom is 0.348 e. The van der Waals surface area contributed by atoms with Gasteiger partial charge in [-0.15, -0.1) is 22.7 Å². The first-order chi connectivity index (χ1) is 15.1. The van der Waals surface area contributed by atoms with Gasteiger partial charge in [0.25, 0.3) is 5.91 Å². The molecule has 0 atom stereocenters. The molecule has 2 heterocycles. The monoisotopic (exact) mass is 448 g/mol. The van der Waals surface area contributed by atoms with Crippen molar-refractivity contribution in [2.75, 3.05) is 11.9 Å². The molecule has 3 aromatic rings. The quantitative estimate of drug-likeness (QED) is 0.562. The summed E-state index contributed by atoms with van der Waals surface area (Å²) in [5.74, 6) is -0.896. The minimum absolute atomic E-state index is 0.370. The van der Waals surface area contributed by atoms with E-state index >= 15 is 0 Å². The van der Waals surface area contributed by atoms with Crippen molar-refractivity contribution in [1.82, 2.24) is 0 Å². The lowest BCUT2D eigenvalue weighted by atomic mass is 9.90. The standard InChI is InChI=1S/C24H20N2O3S2/c25-12-18-17-10-9-14-5-1-3-7-16(14)22(17)31-23(18)26-21(27)13-29-24(28)20-11-15-6-2-4-8-19(15)30-20/h1,3,5,7,11H,2,4,6,8-10,13H2,(H,26,27). The van der Waals surface area contributed by atoms with Gasteiger partial charge in [0, 0.05) is 9.75 Å². The van der Waals surface area contributed by atoms with Gasteiger partial charge in [0.2, 0.25) is 0 Å². The van der Waals surface area contributed by atoms with Crippen LogP contribution in [0.15, 0.2) is 30.3 Å². The summed E-state index contributed by atoms with van der Waals surface area (Å²) in [5, 5.41) is 13.0. The minimum atomic E-state index is -0.463. The first-order valence-electron chi connectivity index (χ1n) is 10.4. The second kappa shape index (κ2) is 8.29. The van der Waals surface area contributed by atoms with Gasteiger partial charge in [-0.3, -0.25) is 4.79 Å². The van der Waals surface area contributed by atoms with Gasteiger partial charge in [-0.1, -0.05) is 24.3 Å². The zero-order chi connectivity index (χ0) is 21.4. The van der Waals surface area contributed by atoms with Crippen molar-refractivity contribution in [3.8, 4) is 16.5 Å². The number of aryl methyl sites for hydroxylation is 3. The number of rotatable bonds is 4. The highest BCUT2D eigenvalue weighted by atomic mass is 32.1. The van der Waals surface area contributed by atoms with Crippen LogP contribution in [0, 0.1) is 11.3 Å². The molecule has 2 aromatic heterocycles. The third-order valence-electron chi connectivity index (χ3n) is 5.81. The fraction of sp³-hybridized carbons (Fsp3) is 0.292. The summed E-state index contributed by atoms with van der Waals surface area (Å²) in [6.07, 6.45) is 5.97. The van der Waals surface area contributed by atoms with Gasteiger partial charge in [-0.05, 0) is 66.8 Å². The maximum atomic E-state index is 12.5. The summed E-state index contributed by atoms with van der Waals surface area (Å²) < 4.78 is 5.25. The molecular formula is C24H20N2O3S2. The molecule has 0 unspecified atom stereocenters. The van der Waals surface area contributed by atoms with Gasteiger partial charge in [-0.2, -0.15) is 5.26 Å². The van der Waals surface area contributed by atoms with E-state index in [4.69, 9.17) is 4.74 Å². The summed E-state index contributed by atoms with van der Waals surface area (Å²) >= 11 is 2.88. The molecule has 1 aromatic carbocycles. The average Bonchev–Trinajstić information content (AvgIpc) is 3.38. The van der Waals surface area contributed by atoms with Crippen molar-refractivity contribution in [2.24, 2.45) is 0 Å². The van der Waals surface area contributed by atoms with Crippen LogP contribution in [0.2, 0.25) is 0 Å². The van der Waals surface area contributed by atoms with E-state index in [0.29, 0.717) is 15.4 Å². The van der Waals surface area contributed by atoms with Crippen LogP contribution in [0.1, 0.15) is 49.6 Å². The van der Waals surface area contributed by atoms with Crippen LogP contribution in [0.25, 0.3) is 10.4 Å². The van der Waals surface area contributed by atoms with E-state index in [1.54, 1.807) is 0 Å². The zero-order valence-corrected chi connectivity index (χ0v) is 18.5. The average molecular weight is 449 g/mol. The number of anilines is 1. The fourth-order valence-electron chi connectivity index (χ4n) is 4.30. The molecule has 0 fully saturated rings. The Morgan fingerprint density at radius 2 is 1.90 bits per heavy atom. The molecule has 2 aliphatic carbocycles. The number of hydrogen-bond acceptors (Lipinski definition) is 6. The van der Waals surface area contributed by atoms with Crippen molar-refractivity contribution in [3.63, 3.8) is 0 Å². The summed E-state index contributed by atoms with van der Waals surface area (Å²) in [7, 11) is 0. The number of carbonyl (C=O) groups is 2. The van der Waals surface area contributed by atoms with Crippen LogP contribution in [0.3, 0.4) is 0 Å². The lowest BCUT2D eigenvalue weighted by Crippen LogP contribution is -2.20. The topological polar surface area (TPSA) is 79.2 Å². The van der Waals surface area contributed by atoms with E-state index in [1.165, 1.54) is 38.7 Å². The van der Waals surface area contributed by atoms with Crippen molar-refractivity contribution in [1.29, 1.82) is 5.26 Å². The first kappa shape index (κ1) is 20.0. The highest BCUT2D eigenvalue weighted by Crippen LogP contribution is 2.44. The second-order valence-electron chi connectivity index (χ2n) is 7.77. The lowest BCUT2D eigenvalue weighted by Gasteiger charge is -2.15. The van der Waals surface area contributed by atoms with Gasteiger partial charge >= 0.3 is 5.97 Å². The van der Waals surface area contributed by atoms with Crippen LogP contribution < -0.4 is 5.32 Å². The molecule has 1 N–H and O–H groups in total. The molecule has 5 nitrogen and oxygen atoms in total. The Morgan fingerprint density at radius 1 is 1.06 bits per heavy atom. The second-order valence-corrected chi connectivity index (χ2v) is 9.93. The summed E-state index contributed by atoms with van der Waals surface area (Å²) in [4.78, 5) is 27.7. The Bertz CT molecular complexity index is 1210. The highest BCUT2D eigenvalue weighted by molar-refractivity contribution is 7.20. The Balaban J connectivity index is 1.28. The molecule has 5 rings (SSSR count). The highest BCUT2D eigenvalue weighted by Gasteiger charge is 2.25. The number of nitrogens with one attached hydrogen (secondary N) is 1. The van der Waals surface area contributed by atoms with Crippen LogP contribution in [-0.2, 0) is 35.2 Å². The van der Waals surface area contributed by atoms with Crippen molar-refractivity contribution in [3.05, 3.63) is 62.3 Å². The summed E-state index contributed by atoms with van der Waals surface area (Å²) in [6.45, 7) is -0.370. The van der Waals surface area contributed by atoms with Crippen molar-refractivity contribution < 1.29 is 14.3 Å². The number of thiophene rings is 2. The molecule has 1 amide bonds. The number of ether oxygens (including phenoxy) is 1. The van der Waals surface area contributed by atoms with Crippen molar-refractivity contribution in [2.45, 2.75) is 38.5 Å². The Hall–Kier alpha value is -2.95. The van der Waals surface area contributed by atoms with E-state index in [0.717, 1.165) is 54.5 Å². The molecule has 0 aliphatic heterocycles. The van der Waals surface area contributed by atoms with Crippen LogP contribution in [0.4, 0.5) is 5.00 Å². The van der Waals surface area contributed by atoms with E-state index < -0.39 is 11.9 Å². The molecule has 0 saturated carbocycles. The SMILES string of the molecule is N#Cc1c(NC(=O)COC(=O)c2cc3c(s2)CCCC3)sc2c1CCc1ccccc1-2. The Kier molecular flexibility index (Phi) is 5.34. The molecule has 7 heteroatoms. The van der Waals surface area contributed by atoms with Gasteiger partial charge in [0.1, 0.15) is 15.9 Å². The molecule has 0 spiro atoms. The number of carbonyl (C=O) groups excluding carboxylic acids is 2. The van der Waals surface area contributed by atoms with Gasteiger partial charge < -0.3 is 10.1 Å². The van der Waals surface area contributed by atoms with E-state index in [-0.39, 0.29) is 6.61 Å². The molecule has 2 aliphatic rings. The van der Waals surface area contributed by atoms with E-state index in [9.17, 15) is 14.9 Å². The van der Waals surface area contributed by atoms with E-state index in [2.05, 4.69) is 23.5 Å². The molecule has 156 valence electrons. The van der Waals surface area contributed by atoms with E-state index in [1.807, 2.05) is 18.2 Å². The summed E-state index contributed by atoms with van der Waals surface area (Å²) in [6, 6.07) is 12.3. The maximum absolute atomic E-state index is 12.5. The molecule has 31 heavy (non-hydrogen) atoms. The molecular weight excluding hydrogens is 428 g/mol. The van der Waals surface area contributed by atoms with Crippen LogP contribution in [-0.4, -0.2) is 18.5 Å². The predicted octanol–water partition coefficient (Wildman–Crippen LogP) is 5.12. The number of fused-ring (bicyclic) bond motifs is 4. The van der Waals surface area contributed by atoms with Gasteiger partial charge in [0.15, 0.2) is 6.61 Å². The number of benzene rings is 1. The van der Waals surface area contributed by atoms with Gasteiger partial charge in [-0.25, -0.2) is 4.79 Å². The predicted molar refractivity (Wildman–Crippen MR) is 122 cm³/mol. The fourth-order valence-corrected chi connectivity index (χ4v) is 6.73. The Morgan fingerprint density at radius 3 is 2.74 bits per heavy atom. The number of hydrogen-bond donors (Lipinski definition) is 1. The number of nitrogens with zero attached hydrogens (tertiary/aromatic N) is 1. The summed E-state index contributed by atoms with van der Waals surface area (Å²) in [5.41, 5.74) is 5.11. The van der Waals surface area contributed by atoms with Crippen LogP contribution >= 0.6 is 22.7 Å². The molecule has 0 bridgehead atoms. The third-order valence-corrected chi connectivity index (χ3v) is 8.21. The van der Waals surface area contributed by atoms with Gasteiger partial charge in [0.05, 0.1) is 5.56 Å². The smallest absolute Gasteiger partial charge is 0.348 e. The van der Waals surface area contributed by atoms with Crippen molar-refractivity contribution >= 4 is 39.6 Å².